The lowest BCUT2D eigenvalue weighted by atomic mass is 9.96. The fourth-order valence-corrected chi connectivity index (χ4v) is 3.04. The van der Waals surface area contributed by atoms with Gasteiger partial charge in [-0.3, -0.25) is 4.79 Å². The number of ether oxygens (including phenoxy) is 1. The molecule has 1 aliphatic heterocycles. The predicted octanol–water partition coefficient (Wildman–Crippen LogP) is 2.06. The molecule has 0 bridgehead atoms. The second kappa shape index (κ2) is 7.98. The Morgan fingerprint density at radius 2 is 2.08 bits per heavy atom. The van der Waals surface area contributed by atoms with Gasteiger partial charge in [-0.25, -0.2) is 4.79 Å². The maximum absolute atomic E-state index is 11.9. The molecule has 2 atom stereocenters. The first-order chi connectivity index (χ1) is 12.1. The molecule has 1 aromatic carbocycles. The van der Waals surface area contributed by atoms with E-state index in [9.17, 15) is 9.59 Å². The van der Waals surface area contributed by atoms with E-state index >= 15 is 0 Å². The Kier molecular flexibility index (Phi) is 5.50. The number of aryl methyl sites for hydroxylation is 1. The maximum atomic E-state index is 11.9. The summed E-state index contributed by atoms with van der Waals surface area (Å²) in [6, 6.07) is 11.7. The molecule has 2 heterocycles. The molecular formula is C19H23N3O3. The van der Waals surface area contributed by atoms with Crippen molar-refractivity contribution >= 4 is 6.03 Å². The molecule has 6 heteroatoms. The highest BCUT2D eigenvalue weighted by Gasteiger charge is 2.26. The van der Waals surface area contributed by atoms with Crippen LogP contribution < -0.4 is 16.2 Å². The highest BCUT2D eigenvalue weighted by molar-refractivity contribution is 5.73. The normalized spacial score (nSPS) is 19.6. The monoisotopic (exact) mass is 341 g/mol. The van der Waals surface area contributed by atoms with Gasteiger partial charge in [0.05, 0.1) is 12.7 Å². The first-order valence-electron chi connectivity index (χ1n) is 8.48. The molecule has 0 spiro atoms. The second-order valence-corrected chi connectivity index (χ2v) is 6.39. The van der Waals surface area contributed by atoms with Gasteiger partial charge in [0.2, 0.25) is 0 Å². The summed E-state index contributed by atoms with van der Waals surface area (Å²) in [4.78, 5) is 26.2. The Balaban J connectivity index is 1.42. The lowest BCUT2D eigenvalue weighted by Crippen LogP contribution is -2.40. The zero-order valence-electron chi connectivity index (χ0n) is 14.2. The van der Waals surface area contributed by atoms with Crippen LogP contribution in [0.3, 0.4) is 0 Å². The van der Waals surface area contributed by atoms with Crippen LogP contribution in [0, 0.1) is 6.92 Å². The number of rotatable bonds is 5. The number of carbonyl (C=O) groups excluding carboxylic acids is 1. The lowest BCUT2D eigenvalue weighted by molar-refractivity contribution is 0.110. The number of aromatic nitrogens is 1. The minimum atomic E-state index is -0.298. The highest BCUT2D eigenvalue weighted by Crippen LogP contribution is 2.28. The maximum Gasteiger partial charge on any atom is 0.315 e. The quantitative estimate of drug-likeness (QED) is 0.778. The summed E-state index contributed by atoms with van der Waals surface area (Å²) < 4.78 is 5.77. The van der Waals surface area contributed by atoms with E-state index in [1.54, 1.807) is 12.3 Å². The van der Waals surface area contributed by atoms with Crippen LogP contribution in [0.25, 0.3) is 0 Å². The predicted molar refractivity (Wildman–Crippen MR) is 95.6 cm³/mol. The number of H-pyrrole nitrogens is 1. The van der Waals surface area contributed by atoms with Crippen molar-refractivity contribution in [3.63, 3.8) is 0 Å². The SMILES string of the molecule is Cc1c[nH]c(=O)c(CNC(=O)NC[C@@H]2C[C@H](c3ccccc3)CO2)c1. The molecular weight excluding hydrogens is 318 g/mol. The van der Waals surface area contributed by atoms with Crippen molar-refractivity contribution in [3.05, 3.63) is 69.6 Å². The number of amides is 2. The Labute approximate surface area is 146 Å². The molecule has 3 rings (SSSR count). The van der Waals surface area contributed by atoms with E-state index in [0.29, 0.717) is 24.6 Å². The molecule has 2 amide bonds. The Morgan fingerprint density at radius 1 is 1.28 bits per heavy atom. The van der Waals surface area contributed by atoms with Crippen LogP contribution in [0.1, 0.15) is 29.0 Å². The van der Waals surface area contributed by atoms with E-state index in [2.05, 4.69) is 27.8 Å². The van der Waals surface area contributed by atoms with Gasteiger partial charge < -0.3 is 20.4 Å². The third-order valence-corrected chi connectivity index (χ3v) is 4.41. The molecule has 1 aromatic heterocycles. The fourth-order valence-electron chi connectivity index (χ4n) is 3.04. The Morgan fingerprint density at radius 3 is 2.88 bits per heavy atom. The first-order valence-corrected chi connectivity index (χ1v) is 8.48. The molecule has 2 aromatic rings. The summed E-state index contributed by atoms with van der Waals surface area (Å²) in [5.74, 6) is 0.377. The van der Waals surface area contributed by atoms with Gasteiger partial charge in [-0.15, -0.1) is 0 Å². The van der Waals surface area contributed by atoms with Gasteiger partial charge in [-0.1, -0.05) is 30.3 Å². The topological polar surface area (TPSA) is 83.2 Å². The van der Waals surface area contributed by atoms with Crippen molar-refractivity contribution in [2.24, 2.45) is 0 Å². The van der Waals surface area contributed by atoms with E-state index < -0.39 is 0 Å². The number of aromatic amines is 1. The van der Waals surface area contributed by atoms with Gasteiger partial charge in [0.25, 0.3) is 5.56 Å². The van der Waals surface area contributed by atoms with E-state index in [-0.39, 0.29) is 24.2 Å². The van der Waals surface area contributed by atoms with Crippen molar-refractivity contribution in [2.45, 2.75) is 31.9 Å². The van der Waals surface area contributed by atoms with E-state index in [0.717, 1.165) is 12.0 Å². The number of pyridine rings is 1. The Bertz CT molecular complexity index is 773. The molecule has 0 radical (unpaired) electrons. The van der Waals surface area contributed by atoms with Crippen LogP contribution >= 0.6 is 0 Å². The van der Waals surface area contributed by atoms with Gasteiger partial charge in [-0.2, -0.15) is 0 Å². The van der Waals surface area contributed by atoms with Crippen LogP contribution in [0.15, 0.2) is 47.4 Å². The summed E-state index contributed by atoms with van der Waals surface area (Å²) >= 11 is 0. The number of nitrogens with one attached hydrogen (secondary N) is 3. The highest BCUT2D eigenvalue weighted by atomic mass is 16.5. The number of benzene rings is 1. The number of carbonyl (C=O) groups is 1. The van der Waals surface area contributed by atoms with Crippen LogP contribution in [0.5, 0.6) is 0 Å². The van der Waals surface area contributed by atoms with Crippen LogP contribution in [-0.4, -0.2) is 30.3 Å². The standard InChI is InChI=1S/C19H23N3O3/c1-13-7-15(18(23)20-9-13)10-21-19(24)22-11-17-8-16(12-25-17)14-5-3-2-4-6-14/h2-7,9,16-17H,8,10-12H2,1H3,(H,20,23)(H2,21,22,24)/t16-,17-/m0/s1. The zero-order chi connectivity index (χ0) is 17.6. The molecule has 25 heavy (non-hydrogen) atoms. The summed E-state index contributed by atoms with van der Waals surface area (Å²) in [6.45, 7) is 3.22. The van der Waals surface area contributed by atoms with Crippen molar-refractivity contribution in [1.82, 2.24) is 15.6 Å². The van der Waals surface area contributed by atoms with Crippen molar-refractivity contribution in [3.8, 4) is 0 Å². The second-order valence-electron chi connectivity index (χ2n) is 6.39. The van der Waals surface area contributed by atoms with Gasteiger partial charge in [0.15, 0.2) is 0 Å². The number of urea groups is 1. The minimum Gasteiger partial charge on any atom is -0.376 e. The molecule has 0 aliphatic carbocycles. The smallest absolute Gasteiger partial charge is 0.315 e. The average molecular weight is 341 g/mol. The van der Waals surface area contributed by atoms with E-state index in [1.807, 2.05) is 25.1 Å². The number of hydrogen-bond donors (Lipinski definition) is 3. The molecule has 1 aliphatic rings. The van der Waals surface area contributed by atoms with Gasteiger partial charge in [0.1, 0.15) is 0 Å². The van der Waals surface area contributed by atoms with E-state index in [1.165, 1.54) is 5.56 Å². The van der Waals surface area contributed by atoms with Crippen molar-refractivity contribution < 1.29 is 9.53 Å². The average Bonchev–Trinajstić information content (AvgIpc) is 3.10. The fraction of sp³-hybridized carbons (Fsp3) is 0.368. The summed E-state index contributed by atoms with van der Waals surface area (Å²) in [7, 11) is 0. The van der Waals surface area contributed by atoms with Crippen LogP contribution in [0.4, 0.5) is 4.79 Å². The van der Waals surface area contributed by atoms with Crippen molar-refractivity contribution in [1.29, 1.82) is 0 Å². The summed E-state index contributed by atoms with van der Waals surface area (Å²) in [6.07, 6.45) is 2.55. The van der Waals surface area contributed by atoms with E-state index in [4.69, 9.17) is 4.74 Å². The largest absolute Gasteiger partial charge is 0.376 e. The molecule has 6 nitrogen and oxygen atoms in total. The van der Waals surface area contributed by atoms with Crippen LogP contribution in [-0.2, 0) is 11.3 Å². The molecule has 1 fully saturated rings. The molecule has 0 unspecified atom stereocenters. The molecule has 132 valence electrons. The van der Waals surface area contributed by atoms with Gasteiger partial charge >= 0.3 is 6.03 Å². The Hall–Kier alpha value is -2.60. The first kappa shape index (κ1) is 17.2. The minimum absolute atomic E-state index is 0.0123. The third-order valence-electron chi connectivity index (χ3n) is 4.41. The van der Waals surface area contributed by atoms with Crippen LogP contribution in [0.2, 0.25) is 0 Å². The van der Waals surface area contributed by atoms with Gasteiger partial charge in [0, 0.05) is 30.8 Å². The summed E-state index contributed by atoms with van der Waals surface area (Å²) in [5.41, 5.74) is 2.57. The molecule has 3 N–H and O–H groups in total. The van der Waals surface area contributed by atoms with Gasteiger partial charge in [-0.05, 0) is 30.5 Å². The lowest BCUT2D eigenvalue weighted by Gasteiger charge is -2.12. The molecule has 1 saturated heterocycles. The third kappa shape index (κ3) is 4.70. The number of hydrogen-bond acceptors (Lipinski definition) is 3. The molecule has 0 saturated carbocycles. The zero-order valence-corrected chi connectivity index (χ0v) is 14.2. The summed E-state index contributed by atoms with van der Waals surface area (Å²) in [5, 5.41) is 5.52. The van der Waals surface area contributed by atoms with Crippen molar-refractivity contribution in [2.75, 3.05) is 13.2 Å².